The van der Waals surface area contributed by atoms with Crippen molar-refractivity contribution in [1.29, 1.82) is 0 Å². The molecule has 1 heterocycles. The van der Waals surface area contributed by atoms with Crippen molar-refractivity contribution in [3.8, 4) is 5.75 Å². The maximum atomic E-state index is 12.9. The van der Waals surface area contributed by atoms with E-state index in [2.05, 4.69) is 5.32 Å². The van der Waals surface area contributed by atoms with Gasteiger partial charge in [-0.1, -0.05) is 13.8 Å². The molecule has 0 bridgehead atoms. The van der Waals surface area contributed by atoms with Crippen molar-refractivity contribution in [1.82, 2.24) is 10.2 Å². The third-order valence-corrected chi connectivity index (χ3v) is 4.11. The number of hydrogen-bond donors (Lipinski definition) is 1. The summed E-state index contributed by atoms with van der Waals surface area (Å²) in [6.45, 7) is 5.50. The second-order valence-electron chi connectivity index (χ2n) is 6.11. The van der Waals surface area contributed by atoms with E-state index in [9.17, 15) is 9.18 Å². The van der Waals surface area contributed by atoms with Gasteiger partial charge >= 0.3 is 0 Å². The average Bonchev–Trinajstić information content (AvgIpc) is 2.50. The molecule has 1 fully saturated rings. The lowest BCUT2D eigenvalue weighted by atomic mass is 10.0. The van der Waals surface area contributed by atoms with Crippen LogP contribution in [0.25, 0.3) is 0 Å². The van der Waals surface area contributed by atoms with Crippen molar-refractivity contribution in [3.63, 3.8) is 0 Å². The highest BCUT2D eigenvalue weighted by atomic mass is 19.1. The molecule has 0 aliphatic carbocycles. The molecule has 1 amide bonds. The lowest BCUT2D eigenvalue weighted by Gasteiger charge is -2.35. The van der Waals surface area contributed by atoms with Crippen LogP contribution in [0.15, 0.2) is 24.3 Å². The van der Waals surface area contributed by atoms with Crippen LogP contribution in [0, 0.1) is 11.7 Å². The summed E-state index contributed by atoms with van der Waals surface area (Å²) in [5, 5.41) is 3.10. The zero-order valence-electron chi connectivity index (χ0n) is 13.5. The number of piperidine rings is 1. The molecule has 1 atom stereocenters. The molecule has 2 rings (SSSR count). The van der Waals surface area contributed by atoms with Crippen molar-refractivity contribution >= 4 is 5.91 Å². The van der Waals surface area contributed by atoms with E-state index in [-0.39, 0.29) is 29.8 Å². The maximum Gasteiger partial charge on any atom is 0.239 e. The molecule has 1 N–H and O–H groups in total. The second kappa shape index (κ2) is 7.58. The van der Waals surface area contributed by atoms with E-state index in [4.69, 9.17) is 4.74 Å². The molecule has 0 unspecified atom stereocenters. The van der Waals surface area contributed by atoms with Gasteiger partial charge in [0.15, 0.2) is 0 Å². The number of hydrogen-bond acceptors (Lipinski definition) is 3. The monoisotopic (exact) mass is 308 g/mol. The number of ether oxygens (including phenoxy) is 1. The Kier molecular flexibility index (Phi) is 5.77. The van der Waals surface area contributed by atoms with Gasteiger partial charge < -0.3 is 15.0 Å². The van der Waals surface area contributed by atoms with E-state index in [1.54, 1.807) is 12.1 Å². The first-order valence-electron chi connectivity index (χ1n) is 7.89. The van der Waals surface area contributed by atoms with Crippen molar-refractivity contribution in [2.75, 3.05) is 20.1 Å². The lowest BCUT2D eigenvalue weighted by molar-refractivity contribution is -0.136. The van der Waals surface area contributed by atoms with Gasteiger partial charge in [-0.25, -0.2) is 4.39 Å². The molecule has 1 aromatic carbocycles. The molecule has 0 spiro atoms. The molecule has 0 radical (unpaired) electrons. The highest BCUT2D eigenvalue weighted by Crippen LogP contribution is 2.20. The number of nitrogens with zero attached hydrogens (tertiary/aromatic N) is 1. The van der Waals surface area contributed by atoms with Gasteiger partial charge in [0, 0.05) is 25.9 Å². The number of carbonyl (C=O) groups is 1. The Balaban J connectivity index is 1.85. The van der Waals surface area contributed by atoms with Crippen molar-refractivity contribution in [3.05, 3.63) is 30.1 Å². The molecule has 1 saturated heterocycles. The zero-order chi connectivity index (χ0) is 16.1. The van der Waals surface area contributed by atoms with Crippen LogP contribution in [0.2, 0.25) is 0 Å². The number of likely N-dealkylation sites (tertiary alicyclic amines) is 1. The standard InChI is InChI=1S/C17H25FN2O2/c1-12(2)16(19-3)17(21)20-10-8-15(9-11-20)22-14-6-4-13(18)5-7-14/h4-7,12,15-16,19H,8-11H2,1-3H3/t16-/m0/s1. The van der Waals surface area contributed by atoms with Crippen LogP contribution < -0.4 is 10.1 Å². The Morgan fingerprint density at radius 1 is 1.27 bits per heavy atom. The summed E-state index contributed by atoms with van der Waals surface area (Å²) >= 11 is 0. The zero-order valence-corrected chi connectivity index (χ0v) is 13.5. The molecule has 1 aromatic rings. The van der Waals surface area contributed by atoms with E-state index in [1.807, 2.05) is 25.8 Å². The van der Waals surface area contributed by atoms with Gasteiger partial charge in [-0.15, -0.1) is 0 Å². The summed E-state index contributed by atoms with van der Waals surface area (Å²) in [4.78, 5) is 14.4. The number of amides is 1. The largest absolute Gasteiger partial charge is 0.490 e. The minimum absolute atomic E-state index is 0.0848. The number of halogens is 1. The highest BCUT2D eigenvalue weighted by molar-refractivity contribution is 5.82. The first kappa shape index (κ1) is 16.7. The Hall–Kier alpha value is -1.62. The van der Waals surface area contributed by atoms with Gasteiger partial charge in [-0.05, 0) is 37.2 Å². The van der Waals surface area contributed by atoms with Gasteiger partial charge in [-0.2, -0.15) is 0 Å². The molecule has 0 aromatic heterocycles. The van der Waals surface area contributed by atoms with Crippen molar-refractivity contribution in [2.24, 2.45) is 5.92 Å². The second-order valence-corrected chi connectivity index (χ2v) is 6.11. The predicted octanol–water partition coefficient (Wildman–Crippen LogP) is 2.44. The number of nitrogens with one attached hydrogen (secondary N) is 1. The summed E-state index contributed by atoms with van der Waals surface area (Å²) in [6.07, 6.45) is 1.69. The van der Waals surface area contributed by atoms with E-state index in [0.717, 1.165) is 12.8 Å². The first-order valence-corrected chi connectivity index (χ1v) is 7.89. The molecule has 1 aliphatic rings. The van der Waals surface area contributed by atoms with Crippen molar-refractivity contribution < 1.29 is 13.9 Å². The first-order chi connectivity index (χ1) is 10.5. The van der Waals surface area contributed by atoms with Crippen LogP contribution >= 0.6 is 0 Å². The summed E-state index contributed by atoms with van der Waals surface area (Å²) < 4.78 is 18.7. The van der Waals surface area contributed by atoms with Crippen LogP contribution in [0.4, 0.5) is 4.39 Å². The third-order valence-electron chi connectivity index (χ3n) is 4.11. The number of likely N-dealkylation sites (N-methyl/N-ethyl adjacent to an activating group) is 1. The summed E-state index contributed by atoms with van der Waals surface area (Å²) in [5.41, 5.74) is 0. The van der Waals surface area contributed by atoms with Gasteiger partial charge in [0.05, 0.1) is 6.04 Å². The van der Waals surface area contributed by atoms with Crippen molar-refractivity contribution in [2.45, 2.75) is 38.8 Å². The van der Waals surface area contributed by atoms with Gasteiger partial charge in [0.2, 0.25) is 5.91 Å². The fraction of sp³-hybridized carbons (Fsp3) is 0.588. The highest BCUT2D eigenvalue weighted by Gasteiger charge is 2.29. The molecular formula is C17H25FN2O2. The van der Waals surface area contributed by atoms with E-state index in [1.165, 1.54) is 12.1 Å². The summed E-state index contributed by atoms with van der Waals surface area (Å²) in [7, 11) is 1.83. The predicted molar refractivity (Wildman–Crippen MR) is 84.3 cm³/mol. The van der Waals surface area contributed by atoms with Crippen LogP contribution in [-0.2, 0) is 4.79 Å². The Labute approximate surface area is 131 Å². The summed E-state index contributed by atoms with van der Waals surface area (Å²) in [5.74, 6) is 0.851. The quantitative estimate of drug-likeness (QED) is 0.908. The Morgan fingerprint density at radius 2 is 1.86 bits per heavy atom. The molecule has 5 heteroatoms. The van der Waals surface area contributed by atoms with Crippen LogP contribution in [0.5, 0.6) is 5.75 Å². The fourth-order valence-corrected chi connectivity index (χ4v) is 2.84. The lowest BCUT2D eigenvalue weighted by Crippen LogP contribution is -2.51. The minimum Gasteiger partial charge on any atom is -0.490 e. The maximum absolute atomic E-state index is 12.9. The van der Waals surface area contributed by atoms with Crippen LogP contribution in [0.1, 0.15) is 26.7 Å². The van der Waals surface area contributed by atoms with E-state index < -0.39 is 0 Å². The van der Waals surface area contributed by atoms with E-state index in [0.29, 0.717) is 18.8 Å². The molecule has 4 nitrogen and oxygen atoms in total. The minimum atomic E-state index is -0.264. The molecule has 1 aliphatic heterocycles. The molecule has 0 saturated carbocycles. The Morgan fingerprint density at radius 3 is 2.36 bits per heavy atom. The number of carbonyl (C=O) groups excluding carboxylic acids is 1. The van der Waals surface area contributed by atoms with Gasteiger partial charge in [-0.3, -0.25) is 4.79 Å². The van der Waals surface area contributed by atoms with Crippen LogP contribution in [-0.4, -0.2) is 43.1 Å². The Bertz CT molecular complexity index is 482. The van der Waals surface area contributed by atoms with E-state index >= 15 is 0 Å². The van der Waals surface area contributed by atoms with Gasteiger partial charge in [0.1, 0.15) is 17.7 Å². The third kappa shape index (κ3) is 4.19. The van der Waals surface area contributed by atoms with Crippen LogP contribution in [0.3, 0.4) is 0 Å². The molecular weight excluding hydrogens is 283 g/mol. The molecule has 122 valence electrons. The van der Waals surface area contributed by atoms with Gasteiger partial charge in [0.25, 0.3) is 0 Å². The smallest absolute Gasteiger partial charge is 0.239 e. The average molecular weight is 308 g/mol. The topological polar surface area (TPSA) is 41.6 Å². The SMILES string of the molecule is CN[C@H](C(=O)N1CCC(Oc2ccc(F)cc2)CC1)C(C)C. The summed E-state index contributed by atoms with van der Waals surface area (Å²) in [6, 6.07) is 5.95. The normalized spacial score (nSPS) is 17.6. The molecule has 22 heavy (non-hydrogen) atoms. The number of benzene rings is 1. The fourth-order valence-electron chi connectivity index (χ4n) is 2.84. The number of rotatable bonds is 5.